The van der Waals surface area contributed by atoms with Crippen LogP contribution in [0.3, 0.4) is 0 Å². The van der Waals surface area contributed by atoms with Gasteiger partial charge in [0, 0.05) is 44.3 Å². The average molecular weight is 326 g/mol. The molecule has 1 aliphatic heterocycles. The van der Waals surface area contributed by atoms with Gasteiger partial charge in [-0.3, -0.25) is 4.90 Å². The number of hydrogen-bond donors (Lipinski definition) is 1. The number of carbonyl (C=O) groups excluding carboxylic acids is 1. The lowest BCUT2D eigenvalue weighted by Crippen LogP contribution is -2.49. The molecule has 1 aromatic carbocycles. The van der Waals surface area contributed by atoms with Crippen LogP contribution in [0.4, 0.5) is 4.79 Å². The number of halogens is 1. The summed E-state index contributed by atoms with van der Waals surface area (Å²) in [6.45, 7) is 6.70. The molecule has 1 unspecified atom stereocenters. The van der Waals surface area contributed by atoms with Gasteiger partial charge in [0.05, 0.1) is 13.2 Å². The van der Waals surface area contributed by atoms with E-state index in [1.807, 2.05) is 24.3 Å². The van der Waals surface area contributed by atoms with Crippen LogP contribution in [0.2, 0.25) is 5.02 Å². The molecule has 0 aliphatic carbocycles. The van der Waals surface area contributed by atoms with Crippen LogP contribution in [0.25, 0.3) is 0 Å². The van der Waals surface area contributed by atoms with E-state index in [4.69, 9.17) is 16.3 Å². The molecule has 0 radical (unpaired) electrons. The highest BCUT2D eigenvalue weighted by Gasteiger charge is 2.18. The summed E-state index contributed by atoms with van der Waals surface area (Å²) < 4.78 is 5.34. The Bertz CT molecular complexity index is 492. The zero-order valence-electron chi connectivity index (χ0n) is 13.2. The molecule has 1 aromatic rings. The molecule has 1 heterocycles. The zero-order chi connectivity index (χ0) is 15.9. The van der Waals surface area contributed by atoms with Crippen molar-refractivity contribution in [1.29, 1.82) is 0 Å². The van der Waals surface area contributed by atoms with Crippen molar-refractivity contribution >= 4 is 17.6 Å². The van der Waals surface area contributed by atoms with E-state index in [1.54, 1.807) is 11.9 Å². The predicted molar refractivity (Wildman–Crippen MR) is 88.2 cm³/mol. The summed E-state index contributed by atoms with van der Waals surface area (Å²) in [5.74, 6) is 0. The molecule has 0 aromatic heterocycles. The fourth-order valence-corrected chi connectivity index (χ4v) is 2.71. The van der Waals surface area contributed by atoms with Crippen LogP contribution in [0.1, 0.15) is 12.5 Å². The molecule has 22 heavy (non-hydrogen) atoms. The number of hydrogen-bond acceptors (Lipinski definition) is 3. The van der Waals surface area contributed by atoms with Crippen molar-refractivity contribution < 1.29 is 9.53 Å². The van der Waals surface area contributed by atoms with E-state index in [2.05, 4.69) is 17.1 Å². The summed E-state index contributed by atoms with van der Waals surface area (Å²) in [6.07, 6.45) is 0. The van der Waals surface area contributed by atoms with Crippen LogP contribution in [-0.2, 0) is 11.3 Å². The fraction of sp³-hybridized carbons (Fsp3) is 0.562. The minimum atomic E-state index is -0.0694. The molecule has 5 nitrogen and oxygen atoms in total. The topological polar surface area (TPSA) is 44.8 Å². The van der Waals surface area contributed by atoms with E-state index in [-0.39, 0.29) is 6.03 Å². The Hall–Kier alpha value is -1.30. The van der Waals surface area contributed by atoms with Gasteiger partial charge < -0.3 is 15.0 Å². The maximum absolute atomic E-state index is 12.2. The maximum Gasteiger partial charge on any atom is 0.317 e. The highest BCUT2D eigenvalue weighted by Crippen LogP contribution is 2.12. The molecular formula is C16H24ClN3O2. The predicted octanol–water partition coefficient (Wildman–Crippen LogP) is 2.20. The van der Waals surface area contributed by atoms with Crippen molar-refractivity contribution in [1.82, 2.24) is 15.1 Å². The van der Waals surface area contributed by atoms with Gasteiger partial charge in [0.2, 0.25) is 0 Å². The number of nitrogens with one attached hydrogen (secondary N) is 1. The third-order valence-electron chi connectivity index (χ3n) is 3.87. The van der Waals surface area contributed by atoms with Crippen LogP contribution in [0, 0.1) is 0 Å². The molecule has 0 saturated carbocycles. The van der Waals surface area contributed by atoms with Crippen molar-refractivity contribution in [3.63, 3.8) is 0 Å². The van der Waals surface area contributed by atoms with Gasteiger partial charge in [-0.15, -0.1) is 0 Å². The smallest absolute Gasteiger partial charge is 0.317 e. The Kier molecular flexibility index (Phi) is 6.49. The van der Waals surface area contributed by atoms with E-state index in [1.165, 1.54) is 0 Å². The van der Waals surface area contributed by atoms with Crippen molar-refractivity contribution in [2.75, 3.05) is 39.9 Å². The van der Waals surface area contributed by atoms with Crippen LogP contribution in [0.5, 0.6) is 0 Å². The number of nitrogens with zero attached hydrogens (tertiary/aromatic N) is 2. The number of carbonyl (C=O) groups is 1. The lowest BCUT2D eigenvalue weighted by Gasteiger charge is -2.32. The van der Waals surface area contributed by atoms with Crippen LogP contribution in [-0.4, -0.2) is 61.8 Å². The highest BCUT2D eigenvalue weighted by molar-refractivity contribution is 6.30. The van der Waals surface area contributed by atoms with Crippen LogP contribution >= 0.6 is 11.6 Å². The van der Waals surface area contributed by atoms with Gasteiger partial charge in [-0.05, 0) is 24.6 Å². The third kappa shape index (κ3) is 5.16. The van der Waals surface area contributed by atoms with Crippen molar-refractivity contribution in [2.24, 2.45) is 0 Å². The standard InChI is InChI=1S/C16H24ClN3O2/c1-13(20-6-8-22-9-7-20)11-18-16(21)19(2)12-14-4-3-5-15(17)10-14/h3-5,10,13H,6-9,11-12H2,1-2H3,(H,18,21). The molecule has 1 fully saturated rings. The van der Waals surface area contributed by atoms with Gasteiger partial charge in [0.15, 0.2) is 0 Å². The Morgan fingerprint density at radius 2 is 2.18 bits per heavy atom. The van der Waals surface area contributed by atoms with Gasteiger partial charge in [-0.25, -0.2) is 4.79 Å². The van der Waals surface area contributed by atoms with E-state index < -0.39 is 0 Å². The third-order valence-corrected chi connectivity index (χ3v) is 4.11. The highest BCUT2D eigenvalue weighted by atomic mass is 35.5. The molecule has 122 valence electrons. The Morgan fingerprint density at radius 1 is 1.45 bits per heavy atom. The van der Waals surface area contributed by atoms with Crippen molar-refractivity contribution in [3.05, 3.63) is 34.9 Å². The van der Waals surface area contributed by atoms with Gasteiger partial charge in [0.1, 0.15) is 0 Å². The summed E-state index contributed by atoms with van der Waals surface area (Å²) in [4.78, 5) is 16.2. The summed E-state index contributed by atoms with van der Waals surface area (Å²) in [6, 6.07) is 7.81. The average Bonchev–Trinajstić information content (AvgIpc) is 2.53. The van der Waals surface area contributed by atoms with Crippen molar-refractivity contribution in [3.8, 4) is 0 Å². The van der Waals surface area contributed by atoms with Crippen LogP contribution in [0.15, 0.2) is 24.3 Å². The summed E-state index contributed by atoms with van der Waals surface area (Å²) in [7, 11) is 1.79. The summed E-state index contributed by atoms with van der Waals surface area (Å²) in [5, 5.41) is 3.67. The second-order valence-corrected chi connectivity index (χ2v) is 6.11. The molecule has 2 rings (SSSR count). The molecule has 1 N–H and O–H groups in total. The molecule has 0 spiro atoms. The summed E-state index contributed by atoms with van der Waals surface area (Å²) in [5.41, 5.74) is 1.02. The first-order valence-electron chi connectivity index (χ1n) is 7.61. The van der Waals surface area contributed by atoms with E-state index in [9.17, 15) is 4.79 Å². The Morgan fingerprint density at radius 3 is 2.86 bits per heavy atom. The molecule has 6 heteroatoms. The maximum atomic E-state index is 12.2. The molecular weight excluding hydrogens is 302 g/mol. The molecule has 1 atom stereocenters. The van der Waals surface area contributed by atoms with E-state index in [0.29, 0.717) is 24.2 Å². The molecule has 1 saturated heterocycles. The fourth-order valence-electron chi connectivity index (χ4n) is 2.50. The van der Waals surface area contributed by atoms with Gasteiger partial charge in [0.25, 0.3) is 0 Å². The number of benzene rings is 1. The second kappa shape index (κ2) is 8.36. The first-order valence-corrected chi connectivity index (χ1v) is 7.99. The lowest BCUT2D eigenvalue weighted by molar-refractivity contribution is 0.0207. The first-order chi connectivity index (χ1) is 10.6. The monoisotopic (exact) mass is 325 g/mol. The first kappa shape index (κ1) is 17.1. The van der Waals surface area contributed by atoms with Gasteiger partial charge >= 0.3 is 6.03 Å². The van der Waals surface area contributed by atoms with Gasteiger partial charge in [-0.2, -0.15) is 0 Å². The van der Waals surface area contributed by atoms with E-state index >= 15 is 0 Å². The number of ether oxygens (including phenoxy) is 1. The Balaban J connectivity index is 1.76. The normalized spacial score (nSPS) is 17.0. The van der Waals surface area contributed by atoms with Crippen LogP contribution < -0.4 is 5.32 Å². The molecule has 1 aliphatic rings. The molecule has 2 amide bonds. The lowest BCUT2D eigenvalue weighted by atomic mass is 10.2. The number of morpholine rings is 1. The number of rotatable bonds is 5. The van der Waals surface area contributed by atoms with Gasteiger partial charge in [-0.1, -0.05) is 23.7 Å². The quantitative estimate of drug-likeness (QED) is 0.902. The second-order valence-electron chi connectivity index (χ2n) is 5.67. The number of amides is 2. The van der Waals surface area contributed by atoms with E-state index in [0.717, 1.165) is 31.9 Å². The SMILES string of the molecule is CC(CNC(=O)N(C)Cc1cccc(Cl)c1)N1CCOCC1. The largest absolute Gasteiger partial charge is 0.379 e. The van der Waals surface area contributed by atoms with Crippen molar-refractivity contribution in [2.45, 2.75) is 19.5 Å². The Labute approximate surface area is 137 Å². The minimum Gasteiger partial charge on any atom is -0.379 e. The molecule has 0 bridgehead atoms. The minimum absolute atomic E-state index is 0.0694. The zero-order valence-corrected chi connectivity index (χ0v) is 14.0. The number of urea groups is 1. The summed E-state index contributed by atoms with van der Waals surface area (Å²) >= 11 is 5.96.